The number of piperazine rings is 1. The average molecular weight is 255 g/mol. The van der Waals surface area contributed by atoms with Gasteiger partial charge in [-0.2, -0.15) is 0 Å². The molecule has 1 aliphatic heterocycles. The predicted molar refractivity (Wildman–Crippen MR) is 80.1 cm³/mol. The fraction of sp³-hybridized carbons (Fsp3) is 1.00. The van der Waals surface area contributed by atoms with Crippen LogP contribution in [0.5, 0.6) is 0 Å². The van der Waals surface area contributed by atoms with E-state index in [2.05, 4.69) is 49.9 Å². The van der Waals surface area contributed by atoms with Crippen molar-refractivity contribution in [3.63, 3.8) is 0 Å². The van der Waals surface area contributed by atoms with Crippen molar-refractivity contribution in [2.75, 3.05) is 39.8 Å². The Hall–Kier alpha value is -0.120. The number of nitrogens with zero attached hydrogens (tertiary/aromatic N) is 2. The van der Waals surface area contributed by atoms with Gasteiger partial charge in [-0.25, -0.2) is 0 Å². The lowest BCUT2D eigenvalue weighted by Gasteiger charge is -2.42. The van der Waals surface area contributed by atoms with E-state index in [4.69, 9.17) is 0 Å². The second-order valence-electron chi connectivity index (χ2n) is 6.54. The first-order valence-corrected chi connectivity index (χ1v) is 7.62. The number of rotatable bonds is 6. The van der Waals surface area contributed by atoms with Crippen molar-refractivity contribution >= 4 is 0 Å². The fourth-order valence-corrected chi connectivity index (χ4v) is 2.76. The minimum atomic E-state index is 0.339. The van der Waals surface area contributed by atoms with Crippen LogP contribution < -0.4 is 5.32 Å². The first kappa shape index (κ1) is 15.9. The van der Waals surface area contributed by atoms with Gasteiger partial charge in [-0.05, 0) is 53.6 Å². The molecule has 108 valence electrons. The monoisotopic (exact) mass is 255 g/mol. The van der Waals surface area contributed by atoms with Gasteiger partial charge in [-0.1, -0.05) is 6.92 Å². The average Bonchev–Trinajstić information content (AvgIpc) is 2.34. The van der Waals surface area contributed by atoms with E-state index in [1.54, 1.807) is 0 Å². The lowest BCUT2D eigenvalue weighted by atomic mass is 10.0. The highest BCUT2D eigenvalue weighted by atomic mass is 15.3. The SMILES string of the molecule is CCC(CCCN1CCN(C(C)(C)C)CC1)NC. The topological polar surface area (TPSA) is 18.5 Å². The zero-order chi connectivity index (χ0) is 13.6. The van der Waals surface area contributed by atoms with Crippen LogP contribution in [0.3, 0.4) is 0 Å². The first-order chi connectivity index (χ1) is 8.47. The summed E-state index contributed by atoms with van der Waals surface area (Å²) >= 11 is 0. The molecule has 0 amide bonds. The van der Waals surface area contributed by atoms with Crippen LogP contribution in [0.4, 0.5) is 0 Å². The molecule has 1 heterocycles. The van der Waals surface area contributed by atoms with E-state index in [-0.39, 0.29) is 0 Å². The summed E-state index contributed by atoms with van der Waals surface area (Å²) in [6.45, 7) is 15.4. The summed E-state index contributed by atoms with van der Waals surface area (Å²) < 4.78 is 0. The molecule has 1 N–H and O–H groups in total. The maximum atomic E-state index is 3.39. The number of nitrogens with one attached hydrogen (secondary N) is 1. The molecule has 1 atom stereocenters. The van der Waals surface area contributed by atoms with Crippen molar-refractivity contribution in [1.29, 1.82) is 0 Å². The van der Waals surface area contributed by atoms with Gasteiger partial charge in [-0.3, -0.25) is 4.90 Å². The lowest BCUT2D eigenvalue weighted by Crippen LogP contribution is -2.53. The molecule has 3 nitrogen and oxygen atoms in total. The van der Waals surface area contributed by atoms with Gasteiger partial charge >= 0.3 is 0 Å². The normalized spacial score (nSPS) is 21.2. The third-order valence-corrected chi connectivity index (χ3v) is 4.25. The molecule has 0 bridgehead atoms. The summed E-state index contributed by atoms with van der Waals surface area (Å²) in [6, 6.07) is 0.709. The van der Waals surface area contributed by atoms with Gasteiger partial charge in [0.1, 0.15) is 0 Å². The Bertz CT molecular complexity index is 210. The summed E-state index contributed by atoms with van der Waals surface area (Å²) in [5.74, 6) is 0. The van der Waals surface area contributed by atoms with E-state index in [0.29, 0.717) is 11.6 Å². The van der Waals surface area contributed by atoms with Crippen LogP contribution >= 0.6 is 0 Å². The van der Waals surface area contributed by atoms with Crippen molar-refractivity contribution in [3.8, 4) is 0 Å². The van der Waals surface area contributed by atoms with Gasteiger partial charge in [-0.15, -0.1) is 0 Å². The quantitative estimate of drug-likeness (QED) is 0.785. The smallest absolute Gasteiger partial charge is 0.0126 e. The maximum absolute atomic E-state index is 3.39. The van der Waals surface area contributed by atoms with Crippen LogP contribution in [0.25, 0.3) is 0 Å². The van der Waals surface area contributed by atoms with E-state index in [9.17, 15) is 0 Å². The molecule has 0 saturated carbocycles. The Kier molecular flexibility index (Phi) is 6.61. The van der Waals surface area contributed by atoms with Gasteiger partial charge < -0.3 is 10.2 Å². The summed E-state index contributed by atoms with van der Waals surface area (Å²) in [4.78, 5) is 5.23. The Morgan fingerprint density at radius 2 is 1.72 bits per heavy atom. The molecule has 0 spiro atoms. The molecule has 1 fully saturated rings. The molecule has 18 heavy (non-hydrogen) atoms. The molecule has 1 aliphatic rings. The highest BCUT2D eigenvalue weighted by Gasteiger charge is 2.25. The van der Waals surface area contributed by atoms with Crippen LogP contribution in [0.2, 0.25) is 0 Å². The molecule has 0 radical (unpaired) electrons. The van der Waals surface area contributed by atoms with Gasteiger partial charge in [0.2, 0.25) is 0 Å². The van der Waals surface area contributed by atoms with E-state index >= 15 is 0 Å². The molecule has 0 aromatic rings. The molecular weight excluding hydrogens is 222 g/mol. The molecule has 0 aliphatic carbocycles. The van der Waals surface area contributed by atoms with Crippen LogP contribution in [-0.2, 0) is 0 Å². The Labute approximate surface area is 114 Å². The highest BCUT2D eigenvalue weighted by molar-refractivity contribution is 4.81. The Balaban J connectivity index is 2.16. The fourth-order valence-electron chi connectivity index (χ4n) is 2.76. The van der Waals surface area contributed by atoms with Gasteiger partial charge in [0.05, 0.1) is 0 Å². The molecule has 0 aromatic carbocycles. The van der Waals surface area contributed by atoms with E-state index < -0.39 is 0 Å². The van der Waals surface area contributed by atoms with Crippen molar-refractivity contribution in [1.82, 2.24) is 15.1 Å². The molecular formula is C15H33N3. The Morgan fingerprint density at radius 3 is 2.17 bits per heavy atom. The van der Waals surface area contributed by atoms with Crippen molar-refractivity contribution in [2.24, 2.45) is 0 Å². The van der Waals surface area contributed by atoms with E-state index in [1.807, 2.05) is 0 Å². The van der Waals surface area contributed by atoms with E-state index in [1.165, 1.54) is 52.0 Å². The number of hydrogen-bond acceptors (Lipinski definition) is 3. The number of hydrogen-bond donors (Lipinski definition) is 1. The molecule has 1 unspecified atom stereocenters. The van der Waals surface area contributed by atoms with Crippen LogP contribution in [0, 0.1) is 0 Å². The predicted octanol–water partition coefficient (Wildman–Crippen LogP) is 2.18. The second kappa shape index (κ2) is 7.46. The van der Waals surface area contributed by atoms with Crippen molar-refractivity contribution in [2.45, 2.75) is 58.5 Å². The van der Waals surface area contributed by atoms with Crippen molar-refractivity contribution < 1.29 is 0 Å². The van der Waals surface area contributed by atoms with Crippen LogP contribution in [-0.4, -0.2) is 61.2 Å². The maximum Gasteiger partial charge on any atom is 0.0126 e. The Morgan fingerprint density at radius 1 is 1.11 bits per heavy atom. The minimum absolute atomic E-state index is 0.339. The largest absolute Gasteiger partial charge is 0.317 e. The highest BCUT2D eigenvalue weighted by Crippen LogP contribution is 2.16. The molecule has 1 saturated heterocycles. The standard InChI is InChI=1S/C15H33N3/c1-6-14(16-5)8-7-9-17-10-12-18(13-11-17)15(2,3)4/h14,16H,6-13H2,1-5H3. The zero-order valence-corrected chi connectivity index (χ0v) is 13.1. The third kappa shape index (κ3) is 5.25. The van der Waals surface area contributed by atoms with Gasteiger partial charge in [0.25, 0.3) is 0 Å². The van der Waals surface area contributed by atoms with Crippen molar-refractivity contribution in [3.05, 3.63) is 0 Å². The summed E-state index contributed by atoms with van der Waals surface area (Å²) in [7, 11) is 2.08. The summed E-state index contributed by atoms with van der Waals surface area (Å²) in [6.07, 6.45) is 3.88. The lowest BCUT2D eigenvalue weighted by molar-refractivity contribution is 0.0613. The van der Waals surface area contributed by atoms with Gasteiger partial charge in [0, 0.05) is 37.8 Å². The van der Waals surface area contributed by atoms with Crippen LogP contribution in [0.1, 0.15) is 47.0 Å². The second-order valence-corrected chi connectivity index (χ2v) is 6.54. The summed E-state index contributed by atoms with van der Waals surface area (Å²) in [5, 5.41) is 3.39. The van der Waals surface area contributed by atoms with E-state index in [0.717, 1.165) is 0 Å². The minimum Gasteiger partial charge on any atom is -0.317 e. The zero-order valence-electron chi connectivity index (χ0n) is 13.1. The third-order valence-electron chi connectivity index (χ3n) is 4.25. The van der Waals surface area contributed by atoms with Crippen LogP contribution in [0.15, 0.2) is 0 Å². The molecule has 3 heteroatoms. The van der Waals surface area contributed by atoms with Gasteiger partial charge in [0.15, 0.2) is 0 Å². The molecule has 0 aromatic heterocycles. The first-order valence-electron chi connectivity index (χ1n) is 7.62. The summed E-state index contributed by atoms with van der Waals surface area (Å²) in [5.41, 5.74) is 0.339. The molecule has 1 rings (SSSR count).